The van der Waals surface area contributed by atoms with Crippen LogP contribution in [-0.4, -0.2) is 47.8 Å². The molecule has 0 aliphatic carbocycles. The Balaban J connectivity index is 1.53. The molecular formula is C22H26N4O2. The van der Waals surface area contributed by atoms with Crippen molar-refractivity contribution in [3.05, 3.63) is 35.4 Å². The number of ether oxygens (including phenoxy) is 1. The van der Waals surface area contributed by atoms with E-state index in [9.17, 15) is 10.1 Å². The van der Waals surface area contributed by atoms with Gasteiger partial charge in [-0.25, -0.2) is 9.78 Å². The minimum absolute atomic E-state index is 0.0743. The summed E-state index contributed by atoms with van der Waals surface area (Å²) in [5.74, 6) is 0.770. The highest BCUT2D eigenvalue weighted by atomic mass is 16.6. The van der Waals surface area contributed by atoms with E-state index in [-0.39, 0.29) is 11.5 Å². The summed E-state index contributed by atoms with van der Waals surface area (Å²) in [7, 11) is 0. The lowest BCUT2D eigenvalue weighted by Gasteiger charge is -2.47. The number of carbonyl (C=O) groups excluding carboxylic acids is 1. The third-order valence-electron chi connectivity index (χ3n) is 5.69. The molecule has 0 atom stereocenters. The van der Waals surface area contributed by atoms with Gasteiger partial charge in [-0.3, -0.25) is 0 Å². The Kier molecular flexibility index (Phi) is 4.22. The van der Waals surface area contributed by atoms with Crippen LogP contribution < -0.4 is 4.90 Å². The summed E-state index contributed by atoms with van der Waals surface area (Å²) in [6, 6.07) is 10.3. The molecule has 4 rings (SSSR count). The number of hydrogen-bond donors (Lipinski definition) is 0. The van der Waals surface area contributed by atoms with E-state index in [0.29, 0.717) is 18.7 Å². The number of nitriles is 1. The number of amides is 1. The van der Waals surface area contributed by atoms with Gasteiger partial charge in [0.2, 0.25) is 0 Å². The molecule has 1 aromatic heterocycles. The van der Waals surface area contributed by atoms with Crippen LogP contribution in [0.4, 0.5) is 10.6 Å². The smallest absolute Gasteiger partial charge is 0.410 e. The standard InChI is InChI=1S/C22H26N4O2/c1-15-16-7-5-6-8-18(16)24-19(17(15)11-23)25-10-9-22(12-25)13-26(14-22)20(27)28-21(2,3)4/h5-8H,9-10,12-14H2,1-4H3. The Bertz CT molecular complexity index is 980. The molecule has 146 valence electrons. The highest BCUT2D eigenvalue weighted by molar-refractivity contribution is 5.87. The van der Waals surface area contributed by atoms with Crippen molar-refractivity contribution in [1.29, 1.82) is 5.26 Å². The van der Waals surface area contributed by atoms with Crippen LogP contribution in [0.5, 0.6) is 0 Å². The van der Waals surface area contributed by atoms with Gasteiger partial charge in [0.1, 0.15) is 17.5 Å². The van der Waals surface area contributed by atoms with Crippen LogP contribution in [0.2, 0.25) is 0 Å². The minimum atomic E-state index is -0.476. The summed E-state index contributed by atoms with van der Waals surface area (Å²) in [4.78, 5) is 21.1. The molecule has 6 nitrogen and oxygen atoms in total. The zero-order valence-electron chi connectivity index (χ0n) is 17.0. The highest BCUT2D eigenvalue weighted by Crippen LogP contribution is 2.42. The zero-order valence-corrected chi connectivity index (χ0v) is 17.0. The number of aromatic nitrogens is 1. The molecule has 1 spiro atoms. The number of likely N-dealkylation sites (tertiary alicyclic amines) is 1. The molecule has 2 aromatic rings. The first-order valence-corrected chi connectivity index (χ1v) is 9.74. The number of fused-ring (bicyclic) bond motifs is 1. The molecule has 2 fully saturated rings. The molecule has 0 bridgehead atoms. The second-order valence-electron chi connectivity index (χ2n) is 9.07. The van der Waals surface area contributed by atoms with E-state index in [1.165, 1.54) is 0 Å². The largest absolute Gasteiger partial charge is 0.444 e. The van der Waals surface area contributed by atoms with Crippen LogP contribution >= 0.6 is 0 Å². The van der Waals surface area contributed by atoms with E-state index in [4.69, 9.17) is 9.72 Å². The fraction of sp³-hybridized carbons (Fsp3) is 0.500. The molecule has 0 saturated carbocycles. The van der Waals surface area contributed by atoms with Crippen molar-refractivity contribution >= 4 is 22.8 Å². The van der Waals surface area contributed by atoms with Gasteiger partial charge in [-0.15, -0.1) is 0 Å². The van der Waals surface area contributed by atoms with Crippen molar-refractivity contribution in [3.8, 4) is 6.07 Å². The van der Waals surface area contributed by atoms with Gasteiger partial charge in [-0.1, -0.05) is 18.2 Å². The van der Waals surface area contributed by atoms with Crippen molar-refractivity contribution < 1.29 is 9.53 Å². The Morgan fingerprint density at radius 3 is 2.64 bits per heavy atom. The van der Waals surface area contributed by atoms with Crippen molar-refractivity contribution in [3.63, 3.8) is 0 Å². The van der Waals surface area contributed by atoms with Gasteiger partial charge in [0.25, 0.3) is 0 Å². The van der Waals surface area contributed by atoms with Gasteiger partial charge in [0, 0.05) is 37.0 Å². The summed E-state index contributed by atoms with van der Waals surface area (Å²) >= 11 is 0. The molecule has 0 radical (unpaired) electrons. The Morgan fingerprint density at radius 1 is 1.25 bits per heavy atom. The number of nitrogens with zero attached hydrogens (tertiary/aromatic N) is 4. The molecule has 2 aliphatic rings. The van der Waals surface area contributed by atoms with Crippen LogP contribution in [0.1, 0.15) is 38.3 Å². The van der Waals surface area contributed by atoms with Gasteiger partial charge in [0.15, 0.2) is 0 Å². The summed E-state index contributed by atoms with van der Waals surface area (Å²) in [5.41, 5.74) is 2.15. The average Bonchev–Trinajstić information content (AvgIpc) is 3.04. The monoisotopic (exact) mass is 378 g/mol. The van der Waals surface area contributed by atoms with Crippen LogP contribution in [0, 0.1) is 23.7 Å². The Morgan fingerprint density at radius 2 is 1.96 bits per heavy atom. The summed E-state index contributed by atoms with van der Waals surface area (Å²) in [6.07, 6.45) is 0.749. The lowest BCUT2D eigenvalue weighted by molar-refractivity contribution is -0.0266. The molecule has 0 unspecified atom stereocenters. The predicted octanol–water partition coefficient (Wildman–Crippen LogP) is 3.86. The van der Waals surface area contributed by atoms with Gasteiger partial charge in [0.05, 0.1) is 11.1 Å². The van der Waals surface area contributed by atoms with E-state index in [0.717, 1.165) is 41.8 Å². The summed E-state index contributed by atoms with van der Waals surface area (Å²) in [5, 5.41) is 10.8. The molecule has 6 heteroatoms. The predicted molar refractivity (Wildman–Crippen MR) is 108 cm³/mol. The lowest BCUT2D eigenvalue weighted by atomic mass is 9.79. The molecule has 3 heterocycles. The number of benzene rings is 1. The summed E-state index contributed by atoms with van der Waals surface area (Å²) < 4.78 is 5.47. The van der Waals surface area contributed by atoms with E-state index >= 15 is 0 Å². The first-order valence-electron chi connectivity index (χ1n) is 9.74. The average molecular weight is 378 g/mol. The van der Waals surface area contributed by atoms with Crippen molar-refractivity contribution in [2.75, 3.05) is 31.1 Å². The van der Waals surface area contributed by atoms with E-state index in [1.54, 1.807) is 4.90 Å². The van der Waals surface area contributed by atoms with Gasteiger partial charge < -0.3 is 14.5 Å². The second-order valence-corrected chi connectivity index (χ2v) is 9.07. The quantitative estimate of drug-likeness (QED) is 0.754. The van der Waals surface area contributed by atoms with Crippen LogP contribution in [0.15, 0.2) is 24.3 Å². The highest BCUT2D eigenvalue weighted by Gasteiger charge is 2.50. The normalized spacial score (nSPS) is 18.2. The number of hydrogen-bond acceptors (Lipinski definition) is 5. The molecular weight excluding hydrogens is 352 g/mol. The van der Waals surface area contributed by atoms with Crippen LogP contribution in [0.25, 0.3) is 10.9 Å². The number of anilines is 1. The van der Waals surface area contributed by atoms with Crippen LogP contribution in [0.3, 0.4) is 0 Å². The fourth-order valence-electron chi connectivity index (χ4n) is 4.32. The second kappa shape index (κ2) is 6.37. The topological polar surface area (TPSA) is 69.5 Å². The number of rotatable bonds is 1. The van der Waals surface area contributed by atoms with Crippen LogP contribution in [-0.2, 0) is 4.74 Å². The fourth-order valence-corrected chi connectivity index (χ4v) is 4.32. The van der Waals surface area contributed by atoms with E-state index in [2.05, 4.69) is 11.0 Å². The summed E-state index contributed by atoms with van der Waals surface area (Å²) in [6.45, 7) is 10.7. The first kappa shape index (κ1) is 18.5. The zero-order chi connectivity index (χ0) is 20.1. The molecule has 0 N–H and O–H groups in total. The van der Waals surface area contributed by atoms with Gasteiger partial charge in [-0.2, -0.15) is 5.26 Å². The molecule has 2 aliphatic heterocycles. The van der Waals surface area contributed by atoms with Gasteiger partial charge >= 0.3 is 6.09 Å². The van der Waals surface area contributed by atoms with Crippen molar-refractivity contribution in [1.82, 2.24) is 9.88 Å². The molecule has 1 amide bonds. The maximum Gasteiger partial charge on any atom is 0.410 e. The number of carbonyl (C=O) groups is 1. The first-order chi connectivity index (χ1) is 13.2. The van der Waals surface area contributed by atoms with Gasteiger partial charge in [-0.05, 0) is 45.7 Å². The number of aryl methyl sites for hydroxylation is 1. The van der Waals surface area contributed by atoms with E-state index in [1.807, 2.05) is 52.0 Å². The third-order valence-corrected chi connectivity index (χ3v) is 5.69. The maximum absolute atomic E-state index is 12.3. The van der Waals surface area contributed by atoms with E-state index < -0.39 is 5.60 Å². The molecule has 1 aromatic carbocycles. The molecule has 2 saturated heterocycles. The molecule has 28 heavy (non-hydrogen) atoms. The Labute approximate surface area is 165 Å². The maximum atomic E-state index is 12.3. The SMILES string of the molecule is Cc1c(C#N)c(N2CCC3(CN(C(=O)OC(C)(C)C)C3)C2)nc2ccccc12. The number of pyridine rings is 1. The van der Waals surface area contributed by atoms with Crippen molar-refractivity contribution in [2.24, 2.45) is 5.41 Å². The minimum Gasteiger partial charge on any atom is -0.444 e. The lowest BCUT2D eigenvalue weighted by Crippen LogP contribution is -2.60. The number of para-hydroxylation sites is 1. The van der Waals surface area contributed by atoms with Crippen molar-refractivity contribution in [2.45, 2.75) is 39.7 Å². The Hall–Kier alpha value is -2.81. The third kappa shape index (κ3) is 3.15.